The molecule has 0 bridgehead atoms. The second kappa shape index (κ2) is 5.23. The molecule has 1 heterocycles. The van der Waals surface area contributed by atoms with Crippen LogP contribution in [0.5, 0.6) is 0 Å². The molecule has 1 nitrogen and oxygen atoms in total. The van der Waals surface area contributed by atoms with Gasteiger partial charge in [0.2, 0.25) is 0 Å². The average Bonchev–Trinajstić information content (AvgIpc) is 2.54. The van der Waals surface area contributed by atoms with Crippen LogP contribution in [0.1, 0.15) is 22.8 Å². The summed E-state index contributed by atoms with van der Waals surface area (Å²) in [5.74, 6) is 0. The van der Waals surface area contributed by atoms with Crippen LogP contribution in [0, 0.1) is 6.92 Å². The largest absolute Gasteiger partial charge is 0.388 e. The second-order valence-electron chi connectivity index (χ2n) is 4.84. The van der Waals surface area contributed by atoms with Crippen molar-refractivity contribution in [2.75, 3.05) is 6.26 Å². The highest BCUT2D eigenvalue weighted by atomic mass is 32.2. The molecule has 0 saturated carbocycles. The second-order valence-corrected chi connectivity index (χ2v) is 6.80. The van der Waals surface area contributed by atoms with Crippen molar-refractivity contribution in [2.45, 2.75) is 34.1 Å². The van der Waals surface area contributed by atoms with E-state index in [2.05, 4.69) is 49.6 Å². The molecule has 19 heavy (non-hydrogen) atoms. The molecule has 0 aromatic heterocycles. The molecule has 1 aliphatic heterocycles. The first-order valence-electron chi connectivity index (χ1n) is 6.31. The van der Waals surface area contributed by atoms with Gasteiger partial charge in [0.05, 0.1) is 6.10 Å². The SMILES string of the molecule is CSc1ccc2c(c1)C(O)Cc1ccc(C)cc1S2. The van der Waals surface area contributed by atoms with E-state index in [1.807, 2.05) is 0 Å². The molecular weight excluding hydrogens is 272 g/mol. The molecule has 98 valence electrons. The van der Waals surface area contributed by atoms with Crippen molar-refractivity contribution in [1.82, 2.24) is 0 Å². The highest BCUT2D eigenvalue weighted by molar-refractivity contribution is 7.99. The first-order valence-corrected chi connectivity index (χ1v) is 8.35. The van der Waals surface area contributed by atoms with E-state index in [1.165, 1.54) is 25.8 Å². The minimum absolute atomic E-state index is 0.404. The minimum atomic E-state index is -0.404. The van der Waals surface area contributed by atoms with Crippen LogP contribution in [0.25, 0.3) is 0 Å². The van der Waals surface area contributed by atoms with Gasteiger partial charge in [0.1, 0.15) is 0 Å². The molecule has 1 aliphatic rings. The highest BCUT2D eigenvalue weighted by Gasteiger charge is 2.21. The first kappa shape index (κ1) is 13.1. The van der Waals surface area contributed by atoms with Crippen LogP contribution >= 0.6 is 23.5 Å². The van der Waals surface area contributed by atoms with E-state index in [1.54, 1.807) is 23.5 Å². The Morgan fingerprint density at radius 3 is 2.79 bits per heavy atom. The van der Waals surface area contributed by atoms with Gasteiger partial charge in [-0.1, -0.05) is 23.9 Å². The Hall–Kier alpha value is -0.900. The quantitative estimate of drug-likeness (QED) is 0.783. The van der Waals surface area contributed by atoms with E-state index in [0.29, 0.717) is 6.42 Å². The third-order valence-corrected chi connectivity index (χ3v) is 5.35. The Morgan fingerprint density at radius 2 is 2.00 bits per heavy atom. The van der Waals surface area contributed by atoms with Crippen LogP contribution < -0.4 is 0 Å². The van der Waals surface area contributed by atoms with Gasteiger partial charge in [-0.2, -0.15) is 0 Å². The van der Waals surface area contributed by atoms with Crippen molar-refractivity contribution >= 4 is 23.5 Å². The molecule has 0 saturated heterocycles. The number of hydrogen-bond acceptors (Lipinski definition) is 3. The lowest BCUT2D eigenvalue weighted by molar-refractivity contribution is 0.175. The van der Waals surface area contributed by atoms with Crippen molar-refractivity contribution in [3.8, 4) is 0 Å². The number of hydrogen-bond donors (Lipinski definition) is 1. The van der Waals surface area contributed by atoms with Gasteiger partial charge in [-0.25, -0.2) is 0 Å². The predicted molar refractivity (Wildman–Crippen MR) is 82.2 cm³/mol. The maximum Gasteiger partial charge on any atom is 0.0842 e. The first-order chi connectivity index (χ1) is 9.17. The van der Waals surface area contributed by atoms with Crippen LogP contribution in [0.3, 0.4) is 0 Å². The smallest absolute Gasteiger partial charge is 0.0842 e. The lowest BCUT2D eigenvalue weighted by Crippen LogP contribution is -2.01. The number of aliphatic hydroxyl groups is 1. The number of aliphatic hydroxyl groups excluding tert-OH is 1. The summed E-state index contributed by atoms with van der Waals surface area (Å²) >= 11 is 3.49. The molecule has 0 spiro atoms. The van der Waals surface area contributed by atoms with E-state index in [0.717, 1.165) is 5.56 Å². The van der Waals surface area contributed by atoms with Crippen molar-refractivity contribution < 1.29 is 5.11 Å². The summed E-state index contributed by atoms with van der Waals surface area (Å²) in [5, 5.41) is 10.5. The average molecular weight is 288 g/mol. The number of benzene rings is 2. The Bertz CT molecular complexity index is 622. The Labute approximate surface area is 122 Å². The van der Waals surface area contributed by atoms with Gasteiger partial charge >= 0.3 is 0 Å². The summed E-state index contributed by atoms with van der Waals surface area (Å²) in [5.41, 5.74) is 3.57. The highest BCUT2D eigenvalue weighted by Crippen LogP contribution is 2.42. The molecule has 1 atom stereocenters. The van der Waals surface area contributed by atoms with Crippen LogP contribution in [-0.4, -0.2) is 11.4 Å². The topological polar surface area (TPSA) is 20.2 Å². The van der Waals surface area contributed by atoms with Gasteiger partial charge in [-0.3, -0.25) is 0 Å². The Morgan fingerprint density at radius 1 is 1.16 bits per heavy atom. The van der Waals surface area contributed by atoms with Gasteiger partial charge in [0.15, 0.2) is 0 Å². The summed E-state index contributed by atoms with van der Waals surface area (Å²) in [6, 6.07) is 12.9. The third kappa shape index (κ3) is 2.55. The summed E-state index contributed by atoms with van der Waals surface area (Å²) in [6.45, 7) is 2.11. The minimum Gasteiger partial charge on any atom is -0.388 e. The molecule has 3 heteroatoms. The fraction of sp³-hybridized carbons (Fsp3) is 0.250. The van der Waals surface area contributed by atoms with Crippen LogP contribution in [0.2, 0.25) is 0 Å². The molecule has 2 aromatic carbocycles. The number of aryl methyl sites for hydroxylation is 1. The van der Waals surface area contributed by atoms with Crippen molar-refractivity contribution in [3.63, 3.8) is 0 Å². The van der Waals surface area contributed by atoms with Crippen LogP contribution in [0.4, 0.5) is 0 Å². The maximum absolute atomic E-state index is 10.5. The Balaban J connectivity index is 2.10. The van der Waals surface area contributed by atoms with E-state index < -0.39 is 6.10 Å². The fourth-order valence-corrected chi connectivity index (χ4v) is 4.03. The van der Waals surface area contributed by atoms with Gasteiger partial charge in [0.25, 0.3) is 0 Å². The standard InChI is InChI=1S/C16H16OS2/c1-10-3-4-11-8-14(17)13-9-12(18-2)5-6-15(13)19-16(11)7-10/h3-7,9,14,17H,8H2,1-2H3. The molecular formula is C16H16OS2. The molecule has 0 aliphatic carbocycles. The summed E-state index contributed by atoms with van der Waals surface area (Å²) < 4.78 is 0. The number of rotatable bonds is 1. The van der Waals surface area contributed by atoms with Crippen LogP contribution in [0.15, 0.2) is 51.1 Å². The van der Waals surface area contributed by atoms with Gasteiger partial charge < -0.3 is 5.11 Å². The normalized spacial score (nSPS) is 17.5. The maximum atomic E-state index is 10.5. The molecule has 3 rings (SSSR count). The van der Waals surface area contributed by atoms with Gasteiger partial charge in [0, 0.05) is 21.1 Å². The molecule has 0 amide bonds. The van der Waals surface area contributed by atoms with Crippen molar-refractivity contribution in [1.29, 1.82) is 0 Å². The van der Waals surface area contributed by atoms with Crippen LogP contribution in [-0.2, 0) is 6.42 Å². The van der Waals surface area contributed by atoms with E-state index in [4.69, 9.17) is 0 Å². The number of thioether (sulfide) groups is 1. The molecule has 1 unspecified atom stereocenters. The lowest BCUT2D eigenvalue weighted by atomic mass is 10.0. The van der Waals surface area contributed by atoms with Gasteiger partial charge in [-0.15, -0.1) is 11.8 Å². The van der Waals surface area contributed by atoms with E-state index >= 15 is 0 Å². The zero-order valence-corrected chi connectivity index (χ0v) is 12.6. The lowest BCUT2D eigenvalue weighted by Gasteiger charge is -2.12. The molecule has 2 aromatic rings. The number of fused-ring (bicyclic) bond motifs is 2. The Kier molecular flexibility index (Phi) is 3.61. The summed E-state index contributed by atoms with van der Waals surface area (Å²) in [4.78, 5) is 3.66. The predicted octanol–water partition coefficient (Wildman–Crippen LogP) is 4.46. The summed E-state index contributed by atoms with van der Waals surface area (Å²) in [6.07, 6.45) is 2.36. The van der Waals surface area contributed by atoms with Gasteiger partial charge in [-0.05, 0) is 54.1 Å². The monoisotopic (exact) mass is 288 g/mol. The fourth-order valence-electron chi connectivity index (χ4n) is 2.37. The van der Waals surface area contributed by atoms with E-state index in [9.17, 15) is 5.11 Å². The van der Waals surface area contributed by atoms with E-state index in [-0.39, 0.29) is 0 Å². The van der Waals surface area contributed by atoms with Crippen molar-refractivity contribution in [2.24, 2.45) is 0 Å². The zero-order valence-electron chi connectivity index (χ0n) is 11.0. The zero-order chi connectivity index (χ0) is 13.4. The molecule has 0 fully saturated rings. The molecule has 1 N–H and O–H groups in total. The third-order valence-electron chi connectivity index (χ3n) is 3.43. The molecule has 0 radical (unpaired) electrons. The summed E-state index contributed by atoms with van der Waals surface area (Å²) in [7, 11) is 0. The van der Waals surface area contributed by atoms with Crippen molar-refractivity contribution in [3.05, 3.63) is 53.1 Å².